The van der Waals surface area contributed by atoms with E-state index in [-0.39, 0.29) is 35.9 Å². The van der Waals surface area contributed by atoms with Gasteiger partial charge in [0.25, 0.3) is 5.91 Å². The molecule has 2 N–H and O–H groups in total. The average molecular weight is 422 g/mol. The molecule has 1 saturated heterocycles. The molecule has 0 saturated carbocycles. The molecule has 1 aromatic carbocycles. The van der Waals surface area contributed by atoms with Gasteiger partial charge in [0.15, 0.2) is 5.76 Å². The maximum atomic E-state index is 12.2. The van der Waals surface area contributed by atoms with E-state index in [0.29, 0.717) is 37.4 Å². The number of amides is 1. The molecule has 1 aliphatic heterocycles. The third-order valence-electron chi connectivity index (χ3n) is 4.60. The summed E-state index contributed by atoms with van der Waals surface area (Å²) < 4.78 is 38.2. The molecular weight excluding hydrogens is 400 g/mol. The van der Waals surface area contributed by atoms with Crippen LogP contribution in [-0.2, 0) is 19.6 Å². The molecular formula is C19H22N2O7S. The molecule has 0 unspecified atom stereocenters. The summed E-state index contributed by atoms with van der Waals surface area (Å²) in [5.41, 5.74) is 0. The molecule has 1 aliphatic rings. The Morgan fingerprint density at radius 1 is 1.10 bits per heavy atom. The maximum absolute atomic E-state index is 12.2. The molecule has 1 amide bonds. The Kier molecular flexibility index (Phi) is 6.55. The van der Waals surface area contributed by atoms with Gasteiger partial charge in [0.05, 0.1) is 17.1 Å². The van der Waals surface area contributed by atoms with Gasteiger partial charge in [-0.05, 0) is 49.2 Å². The monoisotopic (exact) mass is 422 g/mol. The van der Waals surface area contributed by atoms with Crippen molar-refractivity contribution in [3.63, 3.8) is 0 Å². The van der Waals surface area contributed by atoms with Crippen molar-refractivity contribution in [2.24, 2.45) is 11.1 Å². The summed E-state index contributed by atoms with van der Waals surface area (Å²) >= 11 is 0. The summed E-state index contributed by atoms with van der Waals surface area (Å²) in [5, 5.41) is 5.03. The third-order valence-corrected chi connectivity index (χ3v) is 5.53. The molecule has 1 fully saturated rings. The first kappa shape index (κ1) is 20.9. The molecule has 2 heterocycles. The Hall–Kier alpha value is -2.85. The Morgan fingerprint density at radius 3 is 2.38 bits per heavy atom. The number of rotatable bonds is 7. The van der Waals surface area contributed by atoms with Gasteiger partial charge >= 0.3 is 5.97 Å². The fraction of sp³-hybridized carbons (Fsp3) is 0.368. The van der Waals surface area contributed by atoms with Crippen molar-refractivity contribution in [3.05, 3.63) is 48.4 Å². The van der Waals surface area contributed by atoms with E-state index in [4.69, 9.17) is 19.0 Å². The van der Waals surface area contributed by atoms with Gasteiger partial charge in [0.1, 0.15) is 19.0 Å². The van der Waals surface area contributed by atoms with Crippen LogP contribution in [0.4, 0.5) is 0 Å². The first-order valence-corrected chi connectivity index (χ1v) is 10.6. The largest absolute Gasteiger partial charge is 0.490 e. The summed E-state index contributed by atoms with van der Waals surface area (Å²) in [7, 11) is -3.75. The van der Waals surface area contributed by atoms with Crippen LogP contribution in [0, 0.1) is 5.92 Å². The highest BCUT2D eigenvalue weighted by Gasteiger charge is 2.29. The van der Waals surface area contributed by atoms with Gasteiger partial charge in [-0.3, -0.25) is 9.59 Å². The van der Waals surface area contributed by atoms with E-state index in [9.17, 15) is 18.0 Å². The van der Waals surface area contributed by atoms with Crippen molar-refractivity contribution in [2.45, 2.75) is 17.7 Å². The zero-order valence-electron chi connectivity index (χ0n) is 15.7. The second-order valence-electron chi connectivity index (χ2n) is 6.58. The van der Waals surface area contributed by atoms with E-state index >= 15 is 0 Å². The summed E-state index contributed by atoms with van der Waals surface area (Å²) in [6, 6.07) is 8.92. The van der Waals surface area contributed by atoms with E-state index in [1.165, 1.54) is 30.5 Å². The number of hydrogen-bond donors (Lipinski definition) is 1. The van der Waals surface area contributed by atoms with Gasteiger partial charge in [-0.2, -0.15) is 0 Å². The first-order valence-electron chi connectivity index (χ1n) is 9.09. The number of nitrogens with two attached hydrogens (primary N) is 1. The zero-order chi connectivity index (χ0) is 20.9. The lowest BCUT2D eigenvalue weighted by Gasteiger charge is -2.30. The molecule has 156 valence electrons. The summed E-state index contributed by atoms with van der Waals surface area (Å²) in [4.78, 5) is 26.1. The number of benzene rings is 1. The van der Waals surface area contributed by atoms with Crippen LogP contribution in [-0.4, -0.2) is 51.5 Å². The van der Waals surface area contributed by atoms with Gasteiger partial charge in [-0.25, -0.2) is 13.6 Å². The number of carbonyl (C=O) groups excluding carboxylic acids is 2. The molecule has 10 heteroatoms. The first-order chi connectivity index (χ1) is 13.8. The van der Waals surface area contributed by atoms with Crippen LogP contribution < -0.4 is 9.88 Å². The number of primary sulfonamides is 1. The highest BCUT2D eigenvalue weighted by molar-refractivity contribution is 7.89. The molecule has 1 aromatic heterocycles. The van der Waals surface area contributed by atoms with E-state index < -0.39 is 10.0 Å². The smallest absolute Gasteiger partial charge is 0.309 e. The number of piperidine rings is 1. The lowest BCUT2D eigenvalue weighted by atomic mass is 9.97. The van der Waals surface area contributed by atoms with Crippen LogP contribution in [0.25, 0.3) is 0 Å². The topological polar surface area (TPSA) is 129 Å². The molecule has 9 nitrogen and oxygen atoms in total. The number of furan rings is 1. The van der Waals surface area contributed by atoms with Gasteiger partial charge in [-0.15, -0.1) is 0 Å². The van der Waals surface area contributed by atoms with E-state index in [1.807, 2.05) is 0 Å². The van der Waals surface area contributed by atoms with E-state index in [0.717, 1.165) is 0 Å². The van der Waals surface area contributed by atoms with Crippen LogP contribution >= 0.6 is 0 Å². The highest BCUT2D eigenvalue weighted by Crippen LogP contribution is 2.21. The van der Waals surface area contributed by atoms with Crippen molar-refractivity contribution in [3.8, 4) is 5.75 Å². The van der Waals surface area contributed by atoms with E-state index in [2.05, 4.69) is 0 Å². The number of sulfonamides is 1. The molecule has 29 heavy (non-hydrogen) atoms. The van der Waals surface area contributed by atoms with Crippen molar-refractivity contribution in [1.82, 2.24) is 4.90 Å². The van der Waals surface area contributed by atoms with Gasteiger partial charge in [0.2, 0.25) is 10.0 Å². The van der Waals surface area contributed by atoms with Crippen molar-refractivity contribution in [1.29, 1.82) is 0 Å². The van der Waals surface area contributed by atoms with Crippen molar-refractivity contribution in [2.75, 3.05) is 26.3 Å². The summed E-state index contributed by atoms with van der Waals surface area (Å²) in [6.45, 7) is 1.13. The quantitative estimate of drug-likeness (QED) is 0.527. The normalized spacial score (nSPS) is 15.1. The number of carbonyl (C=O) groups is 2. The minimum absolute atomic E-state index is 0.00634. The lowest BCUT2D eigenvalue weighted by Crippen LogP contribution is -2.40. The zero-order valence-corrected chi connectivity index (χ0v) is 16.5. The Labute approximate surface area is 168 Å². The fourth-order valence-corrected chi connectivity index (χ4v) is 3.53. The van der Waals surface area contributed by atoms with Crippen LogP contribution in [0.5, 0.6) is 5.75 Å². The standard InChI is InChI=1S/C19H22N2O7S/c20-29(24,25)16-5-3-15(4-6-16)26-12-13-28-19(23)14-7-9-21(10-8-14)18(22)17-2-1-11-27-17/h1-6,11,14H,7-10,12-13H2,(H2,20,24,25). The summed E-state index contributed by atoms with van der Waals surface area (Å²) in [5.74, 6) is -0.0184. The average Bonchev–Trinajstić information content (AvgIpc) is 3.25. The molecule has 0 atom stereocenters. The lowest BCUT2D eigenvalue weighted by molar-refractivity contribution is -0.150. The minimum Gasteiger partial charge on any atom is -0.490 e. The molecule has 0 spiro atoms. The predicted molar refractivity (Wildman–Crippen MR) is 102 cm³/mol. The van der Waals surface area contributed by atoms with Crippen LogP contribution in [0.1, 0.15) is 23.4 Å². The molecule has 0 radical (unpaired) electrons. The fourth-order valence-electron chi connectivity index (χ4n) is 3.02. The second kappa shape index (κ2) is 9.10. The van der Waals surface area contributed by atoms with Crippen molar-refractivity contribution < 1.29 is 31.9 Å². The molecule has 0 bridgehead atoms. The maximum Gasteiger partial charge on any atom is 0.309 e. The van der Waals surface area contributed by atoms with Gasteiger partial charge in [0, 0.05) is 13.1 Å². The van der Waals surface area contributed by atoms with Crippen LogP contribution in [0.2, 0.25) is 0 Å². The SMILES string of the molecule is NS(=O)(=O)c1ccc(OCCOC(=O)C2CCN(C(=O)c3ccco3)CC2)cc1. The highest BCUT2D eigenvalue weighted by atomic mass is 32.2. The third kappa shape index (κ3) is 5.58. The van der Waals surface area contributed by atoms with Crippen LogP contribution in [0.15, 0.2) is 52.0 Å². The minimum atomic E-state index is -3.75. The molecule has 2 aromatic rings. The predicted octanol–water partition coefficient (Wildman–Crippen LogP) is 1.40. The van der Waals surface area contributed by atoms with Crippen molar-refractivity contribution >= 4 is 21.9 Å². The number of nitrogens with zero attached hydrogens (tertiary/aromatic N) is 1. The Balaban J connectivity index is 1.37. The Morgan fingerprint density at radius 2 is 1.79 bits per heavy atom. The Bertz CT molecular complexity index is 931. The number of hydrogen-bond acceptors (Lipinski definition) is 7. The molecule has 3 rings (SSSR count). The van der Waals surface area contributed by atoms with Gasteiger partial charge in [-0.1, -0.05) is 0 Å². The van der Waals surface area contributed by atoms with Gasteiger partial charge < -0.3 is 18.8 Å². The molecule has 0 aliphatic carbocycles. The number of likely N-dealkylation sites (tertiary alicyclic amines) is 1. The summed E-state index contributed by atoms with van der Waals surface area (Å²) in [6.07, 6.45) is 2.51. The number of esters is 1. The van der Waals surface area contributed by atoms with Crippen LogP contribution in [0.3, 0.4) is 0 Å². The second-order valence-corrected chi connectivity index (χ2v) is 8.14. The van der Waals surface area contributed by atoms with E-state index in [1.54, 1.807) is 17.0 Å². The number of ether oxygens (including phenoxy) is 2.